The van der Waals surface area contributed by atoms with Crippen molar-refractivity contribution in [3.8, 4) is 17.2 Å². The van der Waals surface area contributed by atoms with E-state index in [4.69, 9.17) is 9.47 Å². The van der Waals surface area contributed by atoms with E-state index in [9.17, 15) is 5.11 Å². The fraction of sp³-hybridized carbons (Fsp3) is 0.538. The van der Waals surface area contributed by atoms with Crippen LogP contribution in [0.15, 0.2) is 12.1 Å². The summed E-state index contributed by atoms with van der Waals surface area (Å²) in [6.45, 7) is 4.24. The highest BCUT2D eigenvalue weighted by atomic mass is 32.1. The fourth-order valence-electron chi connectivity index (χ4n) is 1.77. The van der Waals surface area contributed by atoms with E-state index in [0.29, 0.717) is 17.4 Å². The minimum atomic E-state index is -0.0455. The van der Waals surface area contributed by atoms with E-state index in [2.05, 4.69) is 26.5 Å². The van der Waals surface area contributed by atoms with Crippen LogP contribution in [0.25, 0.3) is 0 Å². The molecule has 1 rings (SSSR count). The predicted molar refractivity (Wildman–Crippen MR) is 72.4 cm³/mol. The Hall–Kier alpha value is -1.03. The molecule has 0 radical (unpaired) electrons. The van der Waals surface area contributed by atoms with Gasteiger partial charge < -0.3 is 14.6 Å². The number of hydrogen-bond donors (Lipinski definition) is 2. The number of benzene rings is 1. The van der Waals surface area contributed by atoms with Crippen LogP contribution >= 0.6 is 12.6 Å². The highest BCUT2D eigenvalue weighted by Gasteiger charge is 2.19. The maximum absolute atomic E-state index is 10.0. The zero-order valence-electron chi connectivity index (χ0n) is 10.7. The van der Waals surface area contributed by atoms with Crippen molar-refractivity contribution in [3.63, 3.8) is 0 Å². The first-order valence-corrected chi connectivity index (χ1v) is 6.14. The second-order valence-electron chi connectivity index (χ2n) is 4.41. The second-order valence-corrected chi connectivity index (χ2v) is 5.03. The minimum absolute atomic E-state index is 0.0455. The summed E-state index contributed by atoms with van der Waals surface area (Å²) in [6, 6.07) is 3.35. The Balaban J connectivity index is 3.13. The Morgan fingerprint density at radius 1 is 1.24 bits per heavy atom. The van der Waals surface area contributed by atoms with Crippen molar-refractivity contribution >= 4 is 12.6 Å². The number of thiol groups is 1. The molecule has 0 fully saturated rings. The Kier molecular flexibility index (Phi) is 5.00. The molecule has 0 aromatic heterocycles. The van der Waals surface area contributed by atoms with Crippen LogP contribution in [0.4, 0.5) is 0 Å². The molecule has 0 aliphatic carbocycles. The van der Waals surface area contributed by atoms with E-state index in [0.717, 1.165) is 12.0 Å². The van der Waals surface area contributed by atoms with E-state index in [1.54, 1.807) is 26.4 Å². The molecular formula is C13H20O3S. The molecule has 0 saturated heterocycles. The van der Waals surface area contributed by atoms with Crippen molar-refractivity contribution in [3.05, 3.63) is 17.7 Å². The standard InChI is InChI=1S/C13H20O3S/c1-8(2)5-12(17)13-10(14)6-9(15-3)7-11(13)16-4/h6-8,12,14,17H,5H2,1-4H3. The van der Waals surface area contributed by atoms with Crippen LogP contribution in [0.3, 0.4) is 0 Å². The first-order chi connectivity index (χ1) is 7.99. The molecule has 1 N–H and O–H groups in total. The summed E-state index contributed by atoms with van der Waals surface area (Å²) in [7, 11) is 3.13. The maximum Gasteiger partial charge on any atom is 0.130 e. The van der Waals surface area contributed by atoms with E-state index in [-0.39, 0.29) is 11.0 Å². The molecule has 0 aliphatic heterocycles. The number of rotatable bonds is 5. The lowest BCUT2D eigenvalue weighted by molar-refractivity contribution is 0.377. The lowest BCUT2D eigenvalue weighted by Crippen LogP contribution is -2.01. The highest BCUT2D eigenvalue weighted by Crippen LogP contribution is 2.42. The summed E-state index contributed by atoms with van der Waals surface area (Å²) in [6.07, 6.45) is 0.874. The van der Waals surface area contributed by atoms with Gasteiger partial charge in [-0.3, -0.25) is 0 Å². The molecule has 0 heterocycles. The molecule has 0 spiro atoms. The van der Waals surface area contributed by atoms with Gasteiger partial charge in [-0.05, 0) is 12.3 Å². The first-order valence-electron chi connectivity index (χ1n) is 5.62. The Morgan fingerprint density at radius 3 is 2.35 bits per heavy atom. The maximum atomic E-state index is 10.0. The Labute approximate surface area is 108 Å². The van der Waals surface area contributed by atoms with Gasteiger partial charge in [0.1, 0.15) is 17.2 Å². The summed E-state index contributed by atoms with van der Waals surface area (Å²) >= 11 is 4.54. The Morgan fingerprint density at radius 2 is 1.88 bits per heavy atom. The number of ether oxygens (including phenoxy) is 2. The van der Waals surface area contributed by atoms with Crippen LogP contribution in [0.1, 0.15) is 31.1 Å². The molecule has 1 aromatic rings. The molecule has 0 saturated carbocycles. The van der Waals surface area contributed by atoms with Crippen molar-refractivity contribution in [2.24, 2.45) is 5.92 Å². The monoisotopic (exact) mass is 256 g/mol. The third-order valence-electron chi connectivity index (χ3n) is 2.58. The largest absolute Gasteiger partial charge is 0.507 e. The zero-order chi connectivity index (χ0) is 13.0. The van der Waals surface area contributed by atoms with Crippen LogP contribution in [-0.4, -0.2) is 19.3 Å². The van der Waals surface area contributed by atoms with E-state index in [1.165, 1.54) is 0 Å². The summed E-state index contributed by atoms with van der Waals surface area (Å²) < 4.78 is 10.4. The number of hydrogen-bond acceptors (Lipinski definition) is 4. The van der Waals surface area contributed by atoms with Gasteiger partial charge in [0.25, 0.3) is 0 Å². The number of aromatic hydroxyl groups is 1. The van der Waals surface area contributed by atoms with Gasteiger partial charge in [0.05, 0.1) is 14.2 Å². The number of phenolic OH excluding ortho intramolecular Hbond substituents is 1. The molecule has 17 heavy (non-hydrogen) atoms. The van der Waals surface area contributed by atoms with Crippen LogP contribution in [0.5, 0.6) is 17.2 Å². The van der Waals surface area contributed by atoms with E-state index in [1.807, 2.05) is 0 Å². The molecule has 0 aliphatic rings. The van der Waals surface area contributed by atoms with Crippen molar-refractivity contribution in [2.45, 2.75) is 25.5 Å². The van der Waals surface area contributed by atoms with Gasteiger partial charge in [-0.15, -0.1) is 0 Å². The average Bonchev–Trinajstić information content (AvgIpc) is 2.26. The fourth-order valence-corrected chi connectivity index (χ4v) is 2.45. The van der Waals surface area contributed by atoms with E-state index >= 15 is 0 Å². The number of phenols is 1. The lowest BCUT2D eigenvalue weighted by atomic mass is 10.00. The second kappa shape index (κ2) is 6.05. The molecular weight excluding hydrogens is 236 g/mol. The molecule has 3 nitrogen and oxygen atoms in total. The van der Waals surface area contributed by atoms with Gasteiger partial charge in [-0.2, -0.15) is 12.6 Å². The molecule has 4 heteroatoms. The van der Waals surface area contributed by atoms with Gasteiger partial charge in [0.15, 0.2) is 0 Å². The molecule has 1 atom stereocenters. The van der Waals surface area contributed by atoms with Crippen molar-refractivity contribution < 1.29 is 14.6 Å². The normalized spacial score (nSPS) is 12.6. The smallest absolute Gasteiger partial charge is 0.130 e. The zero-order valence-corrected chi connectivity index (χ0v) is 11.6. The van der Waals surface area contributed by atoms with Crippen LogP contribution in [0, 0.1) is 5.92 Å². The van der Waals surface area contributed by atoms with Gasteiger partial charge in [0.2, 0.25) is 0 Å². The highest BCUT2D eigenvalue weighted by molar-refractivity contribution is 7.80. The molecule has 96 valence electrons. The van der Waals surface area contributed by atoms with Crippen molar-refractivity contribution in [1.29, 1.82) is 0 Å². The summed E-state index contributed by atoms with van der Waals surface area (Å²) in [5.41, 5.74) is 0.727. The molecule has 0 amide bonds. The third-order valence-corrected chi connectivity index (χ3v) is 3.05. The van der Waals surface area contributed by atoms with Crippen LogP contribution in [-0.2, 0) is 0 Å². The quantitative estimate of drug-likeness (QED) is 0.793. The van der Waals surface area contributed by atoms with Crippen molar-refractivity contribution in [2.75, 3.05) is 14.2 Å². The van der Waals surface area contributed by atoms with Gasteiger partial charge >= 0.3 is 0 Å². The number of methoxy groups -OCH3 is 2. The Bertz CT molecular complexity index is 377. The van der Waals surface area contributed by atoms with Gasteiger partial charge in [-0.1, -0.05) is 13.8 Å². The molecule has 0 bridgehead atoms. The van der Waals surface area contributed by atoms with Crippen LogP contribution < -0.4 is 9.47 Å². The SMILES string of the molecule is COc1cc(O)c(C(S)CC(C)C)c(OC)c1. The minimum Gasteiger partial charge on any atom is -0.507 e. The average molecular weight is 256 g/mol. The predicted octanol–water partition coefficient (Wildman–Crippen LogP) is 3.43. The lowest BCUT2D eigenvalue weighted by Gasteiger charge is -2.19. The summed E-state index contributed by atoms with van der Waals surface area (Å²) in [5, 5.41) is 9.96. The first kappa shape index (κ1) is 14.0. The van der Waals surface area contributed by atoms with Gasteiger partial charge in [0, 0.05) is 22.9 Å². The van der Waals surface area contributed by atoms with Crippen LogP contribution in [0.2, 0.25) is 0 Å². The van der Waals surface area contributed by atoms with Crippen molar-refractivity contribution in [1.82, 2.24) is 0 Å². The summed E-state index contributed by atoms with van der Waals surface area (Å²) in [5.74, 6) is 1.86. The van der Waals surface area contributed by atoms with E-state index < -0.39 is 0 Å². The summed E-state index contributed by atoms with van der Waals surface area (Å²) in [4.78, 5) is 0. The molecule has 1 unspecified atom stereocenters. The molecule has 1 aromatic carbocycles. The topological polar surface area (TPSA) is 38.7 Å². The van der Waals surface area contributed by atoms with Gasteiger partial charge in [-0.25, -0.2) is 0 Å². The third kappa shape index (κ3) is 3.46.